The highest BCUT2D eigenvalue weighted by atomic mass is 32.1. The molecule has 4 N–H and O–H groups in total. The predicted octanol–water partition coefficient (Wildman–Crippen LogP) is 3.45. The molecule has 116 valence electrons. The smallest absolute Gasteiger partial charge is 0.319 e. The second-order valence-electron chi connectivity index (χ2n) is 5.60. The first kappa shape index (κ1) is 14.8. The number of carbonyl (C=O) groups excluding carboxylic acids is 2. The first-order valence-electron chi connectivity index (χ1n) is 7.54. The van der Waals surface area contributed by atoms with Gasteiger partial charge in [-0.2, -0.15) is 0 Å². The van der Waals surface area contributed by atoms with Crippen molar-refractivity contribution in [3.8, 4) is 0 Å². The van der Waals surface area contributed by atoms with Gasteiger partial charge in [0.2, 0.25) is 0 Å². The first-order chi connectivity index (χ1) is 10.6. The lowest BCUT2D eigenvalue weighted by molar-refractivity contribution is 0.100. The summed E-state index contributed by atoms with van der Waals surface area (Å²) in [6.45, 7) is 0. The third-order valence-electron chi connectivity index (χ3n) is 4.00. The number of thiophene rings is 1. The lowest BCUT2D eigenvalue weighted by Gasteiger charge is -2.22. The SMILES string of the molecule is NC(=O)c1sc2ccccc2c1NC(=O)NC1CCCCC1. The Morgan fingerprint density at radius 1 is 1.14 bits per heavy atom. The number of anilines is 1. The first-order valence-corrected chi connectivity index (χ1v) is 8.35. The fourth-order valence-electron chi connectivity index (χ4n) is 2.93. The van der Waals surface area contributed by atoms with Crippen molar-refractivity contribution in [3.63, 3.8) is 0 Å². The number of rotatable bonds is 3. The van der Waals surface area contributed by atoms with E-state index in [9.17, 15) is 9.59 Å². The van der Waals surface area contributed by atoms with Crippen molar-refractivity contribution in [3.05, 3.63) is 29.1 Å². The van der Waals surface area contributed by atoms with Gasteiger partial charge >= 0.3 is 6.03 Å². The average Bonchev–Trinajstić information content (AvgIpc) is 2.87. The molecule has 6 heteroatoms. The third-order valence-corrected chi connectivity index (χ3v) is 5.18. The van der Waals surface area contributed by atoms with Gasteiger partial charge in [-0.25, -0.2) is 4.79 Å². The molecule has 1 fully saturated rings. The standard InChI is InChI=1S/C16H19N3O2S/c17-15(20)14-13(11-8-4-5-9-12(11)22-14)19-16(21)18-10-6-2-1-3-7-10/h4-5,8-10H,1-3,6-7H2,(H2,17,20)(H2,18,19,21). The zero-order valence-corrected chi connectivity index (χ0v) is 13.0. The number of nitrogens with one attached hydrogen (secondary N) is 2. The van der Waals surface area contributed by atoms with E-state index in [-0.39, 0.29) is 12.1 Å². The molecule has 3 rings (SSSR count). The third kappa shape index (κ3) is 3.06. The summed E-state index contributed by atoms with van der Waals surface area (Å²) in [6, 6.07) is 7.53. The van der Waals surface area contributed by atoms with Gasteiger partial charge in [0, 0.05) is 16.1 Å². The Balaban J connectivity index is 1.81. The van der Waals surface area contributed by atoms with Crippen molar-refractivity contribution >= 4 is 39.0 Å². The molecule has 1 aromatic heterocycles. The van der Waals surface area contributed by atoms with Crippen molar-refractivity contribution in [1.29, 1.82) is 0 Å². The lowest BCUT2D eigenvalue weighted by atomic mass is 9.96. The van der Waals surface area contributed by atoms with Crippen LogP contribution in [0.5, 0.6) is 0 Å². The van der Waals surface area contributed by atoms with Gasteiger partial charge in [-0.3, -0.25) is 4.79 Å². The maximum Gasteiger partial charge on any atom is 0.319 e. The van der Waals surface area contributed by atoms with Crippen LogP contribution in [0.3, 0.4) is 0 Å². The molecule has 1 aliphatic carbocycles. The van der Waals surface area contributed by atoms with Crippen LogP contribution in [0, 0.1) is 0 Å². The van der Waals surface area contributed by atoms with Gasteiger partial charge in [0.15, 0.2) is 0 Å². The Morgan fingerprint density at radius 2 is 1.86 bits per heavy atom. The lowest BCUT2D eigenvalue weighted by Crippen LogP contribution is -2.39. The average molecular weight is 317 g/mol. The molecule has 0 radical (unpaired) electrons. The summed E-state index contributed by atoms with van der Waals surface area (Å²) in [5, 5.41) is 6.66. The zero-order chi connectivity index (χ0) is 15.5. The van der Waals surface area contributed by atoms with Crippen LogP contribution in [0.15, 0.2) is 24.3 Å². The Bertz CT molecular complexity index is 704. The van der Waals surface area contributed by atoms with E-state index in [1.165, 1.54) is 17.8 Å². The van der Waals surface area contributed by atoms with Crippen molar-refractivity contribution < 1.29 is 9.59 Å². The van der Waals surface area contributed by atoms with Crippen LogP contribution in [-0.4, -0.2) is 18.0 Å². The highest BCUT2D eigenvalue weighted by Gasteiger charge is 2.20. The van der Waals surface area contributed by atoms with Crippen LogP contribution in [0.1, 0.15) is 41.8 Å². The van der Waals surface area contributed by atoms with Crippen molar-refractivity contribution in [1.82, 2.24) is 5.32 Å². The van der Waals surface area contributed by atoms with E-state index in [1.54, 1.807) is 0 Å². The van der Waals surface area contributed by atoms with E-state index < -0.39 is 5.91 Å². The molecule has 0 spiro atoms. The summed E-state index contributed by atoms with van der Waals surface area (Å²) in [7, 11) is 0. The second kappa shape index (κ2) is 6.36. The normalized spacial score (nSPS) is 15.6. The maximum atomic E-state index is 12.2. The number of primary amides is 1. The minimum absolute atomic E-state index is 0.218. The van der Waals surface area contributed by atoms with Gasteiger partial charge in [0.05, 0.1) is 5.69 Å². The van der Waals surface area contributed by atoms with E-state index in [4.69, 9.17) is 5.73 Å². The van der Waals surface area contributed by atoms with Crippen LogP contribution < -0.4 is 16.4 Å². The molecule has 0 unspecified atom stereocenters. The van der Waals surface area contributed by atoms with Crippen molar-refractivity contribution in [2.45, 2.75) is 38.1 Å². The van der Waals surface area contributed by atoms with E-state index in [2.05, 4.69) is 10.6 Å². The summed E-state index contributed by atoms with van der Waals surface area (Å²) in [4.78, 5) is 24.2. The number of hydrogen-bond donors (Lipinski definition) is 3. The molecule has 1 aliphatic rings. The van der Waals surface area contributed by atoms with E-state index in [1.807, 2.05) is 24.3 Å². The van der Waals surface area contributed by atoms with E-state index >= 15 is 0 Å². The van der Waals surface area contributed by atoms with Crippen molar-refractivity contribution in [2.75, 3.05) is 5.32 Å². The number of amides is 3. The number of fused-ring (bicyclic) bond motifs is 1. The van der Waals surface area contributed by atoms with Crippen LogP contribution in [0.25, 0.3) is 10.1 Å². The molecule has 1 aromatic carbocycles. The maximum absolute atomic E-state index is 12.2. The topological polar surface area (TPSA) is 84.2 Å². The molecule has 0 saturated heterocycles. The summed E-state index contributed by atoms with van der Waals surface area (Å²) < 4.78 is 0.935. The number of benzene rings is 1. The highest BCUT2D eigenvalue weighted by Crippen LogP contribution is 2.35. The molecule has 2 aromatic rings. The summed E-state index contributed by atoms with van der Waals surface area (Å²) in [5.41, 5.74) is 5.95. The van der Waals surface area contributed by atoms with Gasteiger partial charge in [0.1, 0.15) is 4.88 Å². The van der Waals surface area contributed by atoms with Gasteiger partial charge in [-0.1, -0.05) is 37.5 Å². The number of hydrogen-bond acceptors (Lipinski definition) is 3. The summed E-state index contributed by atoms with van der Waals surface area (Å²) >= 11 is 1.30. The summed E-state index contributed by atoms with van der Waals surface area (Å²) in [6.07, 6.45) is 5.57. The molecule has 3 amide bonds. The molecular formula is C16H19N3O2S. The second-order valence-corrected chi connectivity index (χ2v) is 6.65. The Labute approximate surface area is 132 Å². The van der Waals surface area contributed by atoms with Crippen LogP contribution in [0.2, 0.25) is 0 Å². The van der Waals surface area contributed by atoms with Gasteiger partial charge in [0.25, 0.3) is 5.91 Å². The minimum Gasteiger partial charge on any atom is -0.365 e. The minimum atomic E-state index is -0.519. The number of carbonyl (C=O) groups is 2. The molecule has 1 heterocycles. The Hall–Kier alpha value is -2.08. The molecule has 0 aliphatic heterocycles. The van der Waals surface area contributed by atoms with Gasteiger partial charge in [-0.05, 0) is 18.9 Å². The van der Waals surface area contributed by atoms with Crippen LogP contribution in [0.4, 0.5) is 10.5 Å². The van der Waals surface area contributed by atoms with Gasteiger partial charge in [-0.15, -0.1) is 11.3 Å². The quantitative estimate of drug-likeness (QED) is 0.810. The fraction of sp³-hybridized carbons (Fsp3) is 0.375. The Morgan fingerprint density at radius 3 is 2.59 bits per heavy atom. The van der Waals surface area contributed by atoms with Gasteiger partial charge < -0.3 is 16.4 Å². The molecule has 5 nitrogen and oxygen atoms in total. The Kier molecular flexibility index (Phi) is 4.29. The molecule has 0 atom stereocenters. The zero-order valence-electron chi connectivity index (χ0n) is 12.2. The van der Waals surface area contributed by atoms with Crippen LogP contribution in [-0.2, 0) is 0 Å². The largest absolute Gasteiger partial charge is 0.365 e. The predicted molar refractivity (Wildman–Crippen MR) is 89.4 cm³/mol. The van der Waals surface area contributed by atoms with Crippen LogP contribution >= 0.6 is 11.3 Å². The monoisotopic (exact) mass is 317 g/mol. The van der Waals surface area contributed by atoms with Crippen molar-refractivity contribution in [2.24, 2.45) is 5.73 Å². The molecule has 22 heavy (non-hydrogen) atoms. The molecule has 1 saturated carbocycles. The molecular weight excluding hydrogens is 298 g/mol. The van der Waals surface area contributed by atoms with E-state index in [0.29, 0.717) is 10.6 Å². The number of nitrogens with two attached hydrogens (primary N) is 1. The van der Waals surface area contributed by atoms with E-state index in [0.717, 1.165) is 35.8 Å². The summed E-state index contributed by atoms with van der Waals surface area (Å²) in [5.74, 6) is -0.519. The molecule has 0 bridgehead atoms. The number of urea groups is 1. The fourth-order valence-corrected chi connectivity index (χ4v) is 3.94. The highest BCUT2D eigenvalue weighted by molar-refractivity contribution is 7.21.